The first-order valence-electron chi connectivity index (χ1n) is 5.60. The molecule has 2 rings (SSSR count). The summed E-state index contributed by atoms with van der Waals surface area (Å²) in [5, 5.41) is 0. The van der Waals surface area contributed by atoms with E-state index in [2.05, 4.69) is 0 Å². The average molecular weight is 249 g/mol. The van der Waals surface area contributed by atoms with E-state index in [1.807, 2.05) is 26.0 Å². The third kappa shape index (κ3) is 2.22. The van der Waals surface area contributed by atoms with Crippen LogP contribution in [0, 0.1) is 0 Å². The Morgan fingerprint density at radius 1 is 1.41 bits per heavy atom. The standard InChI is InChI=1S/C13H15NO2S/c1-8(2)14-11-5-4-10(9(3)15)6-12(11)17-7-13(14)16/h4-6,8H,7H2,1-3H3. The lowest BCUT2D eigenvalue weighted by molar-refractivity contribution is -0.116. The van der Waals surface area contributed by atoms with E-state index in [1.165, 1.54) is 11.8 Å². The third-order valence-corrected chi connectivity index (χ3v) is 3.79. The number of thioether (sulfide) groups is 1. The Labute approximate surface area is 105 Å². The molecule has 0 unspecified atom stereocenters. The molecule has 1 aromatic rings. The van der Waals surface area contributed by atoms with Crippen LogP contribution in [0.5, 0.6) is 0 Å². The SMILES string of the molecule is CC(=O)c1ccc2c(c1)SCC(=O)N2C(C)C. The van der Waals surface area contributed by atoms with E-state index in [4.69, 9.17) is 0 Å². The van der Waals surface area contributed by atoms with Gasteiger partial charge in [-0.2, -0.15) is 0 Å². The smallest absolute Gasteiger partial charge is 0.237 e. The van der Waals surface area contributed by atoms with Crippen molar-refractivity contribution in [3.63, 3.8) is 0 Å². The molecular formula is C13H15NO2S. The number of amides is 1. The minimum Gasteiger partial charge on any atom is -0.308 e. The van der Waals surface area contributed by atoms with Gasteiger partial charge in [0.25, 0.3) is 0 Å². The summed E-state index contributed by atoms with van der Waals surface area (Å²) in [4.78, 5) is 26.0. The number of fused-ring (bicyclic) bond motifs is 1. The second-order valence-electron chi connectivity index (χ2n) is 4.38. The van der Waals surface area contributed by atoms with Gasteiger partial charge < -0.3 is 4.90 Å². The van der Waals surface area contributed by atoms with Crippen LogP contribution in [0.25, 0.3) is 0 Å². The Bertz CT molecular complexity index is 482. The van der Waals surface area contributed by atoms with E-state index in [0.717, 1.165) is 10.6 Å². The molecule has 3 nitrogen and oxygen atoms in total. The molecule has 0 spiro atoms. The van der Waals surface area contributed by atoms with Crippen LogP contribution in [0.4, 0.5) is 5.69 Å². The summed E-state index contributed by atoms with van der Waals surface area (Å²) in [5.74, 6) is 0.640. The summed E-state index contributed by atoms with van der Waals surface area (Å²) >= 11 is 1.51. The molecule has 17 heavy (non-hydrogen) atoms. The van der Waals surface area contributed by atoms with Gasteiger partial charge in [-0.3, -0.25) is 9.59 Å². The number of anilines is 1. The van der Waals surface area contributed by atoms with E-state index < -0.39 is 0 Å². The normalized spacial score (nSPS) is 15.1. The van der Waals surface area contributed by atoms with Crippen LogP contribution in [0.1, 0.15) is 31.1 Å². The van der Waals surface area contributed by atoms with E-state index in [1.54, 1.807) is 17.9 Å². The minimum atomic E-state index is 0.0568. The van der Waals surface area contributed by atoms with Crippen LogP contribution < -0.4 is 4.90 Å². The molecule has 0 radical (unpaired) electrons. The van der Waals surface area contributed by atoms with Crippen molar-refractivity contribution >= 4 is 29.1 Å². The van der Waals surface area contributed by atoms with Crippen molar-refractivity contribution in [3.8, 4) is 0 Å². The van der Waals surface area contributed by atoms with Crippen molar-refractivity contribution in [1.29, 1.82) is 0 Å². The molecular weight excluding hydrogens is 234 g/mol. The molecule has 0 bridgehead atoms. The van der Waals surface area contributed by atoms with Crippen molar-refractivity contribution < 1.29 is 9.59 Å². The number of carbonyl (C=O) groups excluding carboxylic acids is 2. The molecule has 90 valence electrons. The second kappa shape index (κ2) is 4.53. The molecule has 1 amide bonds. The predicted octanol–water partition coefficient (Wildman–Crippen LogP) is 2.74. The Balaban J connectivity index is 2.48. The summed E-state index contributed by atoms with van der Waals surface area (Å²) in [6, 6.07) is 5.68. The van der Waals surface area contributed by atoms with Crippen molar-refractivity contribution in [1.82, 2.24) is 0 Å². The van der Waals surface area contributed by atoms with Crippen LogP contribution in [0.15, 0.2) is 23.1 Å². The van der Waals surface area contributed by atoms with Gasteiger partial charge in [0.15, 0.2) is 5.78 Å². The maximum Gasteiger partial charge on any atom is 0.237 e. The number of hydrogen-bond acceptors (Lipinski definition) is 3. The first-order chi connectivity index (χ1) is 8.00. The number of ketones is 1. The molecule has 0 aliphatic carbocycles. The van der Waals surface area contributed by atoms with Crippen molar-refractivity contribution in [3.05, 3.63) is 23.8 Å². The third-order valence-electron chi connectivity index (χ3n) is 2.76. The Kier molecular flexibility index (Phi) is 3.24. The fraction of sp³-hybridized carbons (Fsp3) is 0.385. The van der Waals surface area contributed by atoms with E-state index in [0.29, 0.717) is 11.3 Å². The highest BCUT2D eigenvalue weighted by Gasteiger charge is 2.27. The van der Waals surface area contributed by atoms with Crippen molar-refractivity contribution in [2.24, 2.45) is 0 Å². The van der Waals surface area contributed by atoms with Crippen LogP contribution in [-0.2, 0) is 4.79 Å². The molecule has 0 aromatic heterocycles. The summed E-state index contributed by atoms with van der Waals surface area (Å²) in [6.07, 6.45) is 0. The van der Waals surface area contributed by atoms with Crippen molar-refractivity contribution in [2.45, 2.75) is 31.7 Å². The maximum atomic E-state index is 11.9. The molecule has 0 fully saturated rings. The van der Waals surface area contributed by atoms with Gasteiger partial charge in [0, 0.05) is 16.5 Å². The Hall–Kier alpha value is -1.29. The van der Waals surface area contributed by atoms with Gasteiger partial charge in [-0.25, -0.2) is 0 Å². The summed E-state index contributed by atoms with van der Waals surface area (Å²) in [7, 11) is 0. The highest BCUT2D eigenvalue weighted by atomic mass is 32.2. The molecule has 1 heterocycles. The summed E-state index contributed by atoms with van der Waals surface area (Å²) < 4.78 is 0. The second-order valence-corrected chi connectivity index (χ2v) is 5.40. The van der Waals surface area contributed by atoms with Gasteiger partial charge in [0.05, 0.1) is 11.4 Å². The number of hydrogen-bond donors (Lipinski definition) is 0. The number of Topliss-reactive ketones (excluding diaryl/α,β-unsaturated/α-hetero) is 1. The molecule has 0 saturated carbocycles. The fourth-order valence-electron chi connectivity index (χ4n) is 1.96. The lowest BCUT2D eigenvalue weighted by Gasteiger charge is -2.32. The quantitative estimate of drug-likeness (QED) is 0.756. The minimum absolute atomic E-state index is 0.0568. The first-order valence-corrected chi connectivity index (χ1v) is 6.59. The zero-order valence-electron chi connectivity index (χ0n) is 10.2. The van der Waals surface area contributed by atoms with E-state index in [9.17, 15) is 9.59 Å². The first kappa shape index (κ1) is 12.2. The summed E-state index contributed by atoms with van der Waals surface area (Å²) in [6.45, 7) is 5.55. The zero-order chi connectivity index (χ0) is 12.6. The van der Waals surface area contributed by atoms with Gasteiger partial charge in [-0.1, -0.05) is 0 Å². The number of rotatable bonds is 2. The van der Waals surface area contributed by atoms with Crippen LogP contribution in [0.3, 0.4) is 0 Å². The van der Waals surface area contributed by atoms with Gasteiger partial charge in [-0.15, -0.1) is 11.8 Å². The van der Waals surface area contributed by atoms with E-state index in [-0.39, 0.29) is 17.7 Å². The van der Waals surface area contributed by atoms with Gasteiger partial charge in [-0.05, 0) is 39.0 Å². The Morgan fingerprint density at radius 2 is 2.12 bits per heavy atom. The predicted molar refractivity (Wildman–Crippen MR) is 69.8 cm³/mol. The highest BCUT2D eigenvalue weighted by Crippen LogP contribution is 2.37. The van der Waals surface area contributed by atoms with Crippen LogP contribution in [0.2, 0.25) is 0 Å². The lowest BCUT2D eigenvalue weighted by Crippen LogP contribution is -2.40. The fourth-order valence-corrected chi connectivity index (χ4v) is 2.90. The highest BCUT2D eigenvalue weighted by molar-refractivity contribution is 8.00. The molecule has 0 saturated heterocycles. The number of carbonyl (C=O) groups is 2. The Morgan fingerprint density at radius 3 is 2.71 bits per heavy atom. The van der Waals surface area contributed by atoms with Gasteiger partial charge in [0.2, 0.25) is 5.91 Å². The number of nitrogens with zero attached hydrogens (tertiary/aromatic N) is 1. The zero-order valence-corrected chi connectivity index (χ0v) is 11.0. The average Bonchev–Trinajstić information content (AvgIpc) is 2.27. The van der Waals surface area contributed by atoms with Crippen LogP contribution in [-0.4, -0.2) is 23.5 Å². The molecule has 1 aromatic carbocycles. The lowest BCUT2D eigenvalue weighted by atomic mass is 10.1. The summed E-state index contributed by atoms with van der Waals surface area (Å²) in [5.41, 5.74) is 1.63. The largest absolute Gasteiger partial charge is 0.308 e. The molecule has 1 aliphatic rings. The van der Waals surface area contributed by atoms with Crippen LogP contribution >= 0.6 is 11.8 Å². The molecule has 0 atom stereocenters. The van der Waals surface area contributed by atoms with Gasteiger partial charge in [0.1, 0.15) is 0 Å². The monoisotopic (exact) mass is 249 g/mol. The van der Waals surface area contributed by atoms with Gasteiger partial charge >= 0.3 is 0 Å². The maximum absolute atomic E-state index is 11.9. The van der Waals surface area contributed by atoms with Crippen molar-refractivity contribution in [2.75, 3.05) is 10.7 Å². The topological polar surface area (TPSA) is 37.4 Å². The van der Waals surface area contributed by atoms with E-state index >= 15 is 0 Å². The number of benzene rings is 1. The molecule has 4 heteroatoms. The molecule has 1 aliphatic heterocycles. The molecule has 0 N–H and O–H groups in total.